The van der Waals surface area contributed by atoms with Crippen LogP contribution < -0.4 is 4.90 Å². The molecule has 3 aromatic heterocycles. The molecule has 0 unspecified atom stereocenters. The molecule has 0 saturated heterocycles. The summed E-state index contributed by atoms with van der Waals surface area (Å²) in [6.45, 7) is 2.29. The minimum atomic E-state index is 0.473. The van der Waals surface area contributed by atoms with E-state index in [4.69, 9.17) is 4.74 Å². The topological polar surface area (TPSA) is 55.6 Å². The first-order valence-corrected chi connectivity index (χ1v) is 8.39. The number of hydrogen-bond acceptors (Lipinski definition) is 6. The van der Waals surface area contributed by atoms with Crippen molar-refractivity contribution in [3.05, 3.63) is 46.6 Å². The Kier molecular flexibility index (Phi) is 3.80. The lowest BCUT2D eigenvalue weighted by Gasteiger charge is -2.28. The number of anilines is 1. The molecule has 4 rings (SSSR count). The van der Waals surface area contributed by atoms with Crippen molar-refractivity contribution < 1.29 is 4.74 Å². The highest BCUT2D eigenvalue weighted by molar-refractivity contribution is 7.11. The molecule has 4 heterocycles. The Morgan fingerprint density at radius 1 is 1.39 bits per heavy atom. The maximum atomic E-state index is 5.21. The molecule has 23 heavy (non-hydrogen) atoms. The molecule has 6 nitrogen and oxygen atoms in total. The van der Waals surface area contributed by atoms with Gasteiger partial charge in [0.05, 0.1) is 12.3 Å². The first kappa shape index (κ1) is 14.3. The third-order valence-electron chi connectivity index (χ3n) is 3.95. The number of nitrogens with zero attached hydrogens (tertiary/aromatic N) is 5. The smallest absolute Gasteiger partial charge is 0.254 e. The third kappa shape index (κ3) is 2.73. The van der Waals surface area contributed by atoms with E-state index in [0.29, 0.717) is 12.4 Å². The van der Waals surface area contributed by atoms with Gasteiger partial charge in [-0.3, -0.25) is 0 Å². The predicted molar refractivity (Wildman–Crippen MR) is 90.6 cm³/mol. The van der Waals surface area contributed by atoms with Crippen LogP contribution in [0.5, 0.6) is 0 Å². The molecule has 0 saturated carbocycles. The van der Waals surface area contributed by atoms with Crippen molar-refractivity contribution in [1.29, 1.82) is 0 Å². The number of rotatable bonds is 4. The van der Waals surface area contributed by atoms with Crippen LogP contribution in [0.3, 0.4) is 0 Å². The van der Waals surface area contributed by atoms with Crippen LogP contribution in [-0.2, 0) is 11.3 Å². The second-order valence-electron chi connectivity index (χ2n) is 5.41. The van der Waals surface area contributed by atoms with Crippen molar-refractivity contribution in [2.75, 3.05) is 25.1 Å². The first-order valence-electron chi connectivity index (χ1n) is 7.51. The van der Waals surface area contributed by atoms with Gasteiger partial charge in [-0.05, 0) is 23.4 Å². The van der Waals surface area contributed by atoms with Gasteiger partial charge in [-0.2, -0.15) is 14.6 Å². The monoisotopic (exact) mass is 327 g/mol. The van der Waals surface area contributed by atoms with Crippen LogP contribution in [0, 0.1) is 0 Å². The highest BCUT2D eigenvalue weighted by Crippen LogP contribution is 2.28. The van der Waals surface area contributed by atoms with Gasteiger partial charge in [0, 0.05) is 31.1 Å². The van der Waals surface area contributed by atoms with Crippen molar-refractivity contribution in [3.63, 3.8) is 0 Å². The summed E-state index contributed by atoms with van der Waals surface area (Å²) in [6.07, 6.45) is 4.87. The maximum Gasteiger partial charge on any atom is 0.254 e. The highest BCUT2D eigenvalue weighted by Gasteiger charge is 2.18. The second-order valence-corrected chi connectivity index (χ2v) is 6.36. The molecule has 0 aromatic carbocycles. The number of methoxy groups -OCH3 is 1. The normalized spacial score (nSPS) is 15.2. The lowest BCUT2D eigenvalue weighted by molar-refractivity contribution is 0.181. The van der Waals surface area contributed by atoms with E-state index in [2.05, 4.69) is 43.6 Å². The van der Waals surface area contributed by atoms with E-state index in [1.165, 1.54) is 10.5 Å². The third-order valence-corrected chi connectivity index (χ3v) is 4.89. The molecule has 1 aliphatic rings. The van der Waals surface area contributed by atoms with Crippen LogP contribution in [0.25, 0.3) is 11.4 Å². The maximum absolute atomic E-state index is 5.21. The van der Waals surface area contributed by atoms with Crippen molar-refractivity contribution in [2.24, 2.45) is 0 Å². The molecule has 3 aromatic rings. The number of hydrogen-bond donors (Lipinski definition) is 0. The molecule has 0 aliphatic carbocycles. The largest absolute Gasteiger partial charge is 0.378 e. The molecule has 118 valence electrons. The molecule has 0 spiro atoms. The van der Waals surface area contributed by atoms with Crippen molar-refractivity contribution in [3.8, 4) is 0 Å². The fourth-order valence-corrected chi connectivity index (χ4v) is 3.65. The van der Waals surface area contributed by atoms with Gasteiger partial charge >= 0.3 is 0 Å². The van der Waals surface area contributed by atoms with Crippen LogP contribution in [0.1, 0.15) is 17.0 Å². The summed E-state index contributed by atoms with van der Waals surface area (Å²) in [5.74, 6) is 1.63. The predicted octanol–water partition coefficient (Wildman–Crippen LogP) is 2.63. The van der Waals surface area contributed by atoms with Crippen LogP contribution in [0.4, 0.5) is 5.82 Å². The van der Waals surface area contributed by atoms with Gasteiger partial charge in [0.25, 0.3) is 5.78 Å². The van der Waals surface area contributed by atoms with Crippen LogP contribution in [0.2, 0.25) is 0 Å². The molecule has 0 N–H and O–H groups in total. The number of ether oxygens (including phenoxy) is 1. The van der Waals surface area contributed by atoms with E-state index >= 15 is 0 Å². The lowest BCUT2D eigenvalue weighted by Crippen LogP contribution is -2.30. The molecule has 0 amide bonds. The highest BCUT2D eigenvalue weighted by atomic mass is 32.1. The summed E-state index contributed by atoms with van der Waals surface area (Å²) < 4.78 is 7.01. The Morgan fingerprint density at radius 3 is 3.09 bits per heavy atom. The molecule has 0 fully saturated rings. The zero-order chi connectivity index (χ0) is 15.6. The zero-order valence-corrected chi connectivity index (χ0v) is 13.7. The fraction of sp³-hybridized carbons (Fsp3) is 0.312. The molecule has 0 atom stereocenters. The summed E-state index contributed by atoms with van der Waals surface area (Å²) in [5, 5.41) is 6.43. The average molecular weight is 327 g/mol. The Bertz CT molecular complexity index is 839. The van der Waals surface area contributed by atoms with E-state index < -0.39 is 0 Å². The Morgan fingerprint density at radius 2 is 2.35 bits per heavy atom. The average Bonchev–Trinajstić information content (AvgIpc) is 3.26. The summed E-state index contributed by atoms with van der Waals surface area (Å²) in [5.41, 5.74) is 2.30. The van der Waals surface area contributed by atoms with Gasteiger partial charge in [-0.25, -0.2) is 4.98 Å². The quantitative estimate of drug-likeness (QED) is 0.737. The lowest BCUT2D eigenvalue weighted by atomic mass is 10.1. The van der Waals surface area contributed by atoms with Crippen molar-refractivity contribution in [2.45, 2.75) is 13.0 Å². The minimum Gasteiger partial charge on any atom is -0.378 e. The van der Waals surface area contributed by atoms with Gasteiger partial charge in [-0.1, -0.05) is 12.1 Å². The van der Waals surface area contributed by atoms with Gasteiger partial charge in [-0.15, -0.1) is 11.3 Å². The molecular formula is C16H17N5OS. The summed E-state index contributed by atoms with van der Waals surface area (Å²) in [6, 6.07) is 6.33. The zero-order valence-electron chi connectivity index (χ0n) is 12.8. The summed E-state index contributed by atoms with van der Waals surface area (Å²) in [7, 11) is 1.67. The number of aromatic nitrogens is 4. The van der Waals surface area contributed by atoms with E-state index in [-0.39, 0.29) is 0 Å². The molecular weight excluding hydrogens is 310 g/mol. The standard InChI is InChI=1S/C16H17N5OS/c1-22-10-13-9-15(21-16(19-13)17-11-18-21)20-6-4-12(5-7-20)14-3-2-8-23-14/h2-4,8-9,11H,5-7,10H2,1H3. The van der Waals surface area contributed by atoms with E-state index in [9.17, 15) is 0 Å². The van der Waals surface area contributed by atoms with Gasteiger partial charge < -0.3 is 9.64 Å². The summed E-state index contributed by atoms with van der Waals surface area (Å²) in [4.78, 5) is 12.3. The SMILES string of the molecule is COCc1cc(N2CC=C(c3cccs3)CC2)n2ncnc2n1. The van der Waals surface area contributed by atoms with Gasteiger partial charge in [0.15, 0.2) is 0 Å². The molecule has 7 heteroatoms. The van der Waals surface area contributed by atoms with Crippen molar-refractivity contribution >= 4 is 28.5 Å². The molecule has 1 aliphatic heterocycles. The van der Waals surface area contributed by atoms with Crippen molar-refractivity contribution in [1.82, 2.24) is 19.6 Å². The summed E-state index contributed by atoms with van der Waals surface area (Å²) >= 11 is 1.80. The van der Waals surface area contributed by atoms with E-state index in [1.54, 1.807) is 29.3 Å². The Hall–Kier alpha value is -2.25. The number of thiophene rings is 1. The van der Waals surface area contributed by atoms with Crippen LogP contribution in [-0.4, -0.2) is 39.8 Å². The Balaban J connectivity index is 1.66. The van der Waals surface area contributed by atoms with Crippen LogP contribution in [0.15, 0.2) is 36.0 Å². The Labute approximate surface area is 138 Å². The van der Waals surface area contributed by atoms with Gasteiger partial charge in [0.1, 0.15) is 12.1 Å². The van der Waals surface area contributed by atoms with Gasteiger partial charge in [0.2, 0.25) is 0 Å². The van der Waals surface area contributed by atoms with Crippen LogP contribution >= 0.6 is 11.3 Å². The second kappa shape index (κ2) is 6.10. The molecule has 0 bridgehead atoms. The molecule has 0 radical (unpaired) electrons. The number of fused-ring (bicyclic) bond motifs is 1. The first-order chi connectivity index (χ1) is 11.3. The fourth-order valence-electron chi connectivity index (χ4n) is 2.85. The minimum absolute atomic E-state index is 0.473. The van der Waals surface area contributed by atoms with E-state index in [1.807, 2.05) is 6.07 Å². The van der Waals surface area contributed by atoms with E-state index in [0.717, 1.165) is 31.0 Å².